The van der Waals surface area contributed by atoms with E-state index in [1.54, 1.807) is 0 Å². The highest BCUT2D eigenvalue weighted by Crippen LogP contribution is 2.30. The first-order valence-electron chi connectivity index (χ1n) is 8.67. The van der Waals surface area contributed by atoms with Gasteiger partial charge in [0.2, 0.25) is 5.91 Å². The molecule has 3 rings (SSSR count). The van der Waals surface area contributed by atoms with Crippen LogP contribution in [0.5, 0.6) is 0 Å². The normalized spacial score (nSPS) is 22.7. The third-order valence-electron chi connectivity index (χ3n) is 5.52. The van der Waals surface area contributed by atoms with Gasteiger partial charge in [-0.1, -0.05) is 30.3 Å². The Bertz CT molecular complexity index is 503. The van der Waals surface area contributed by atoms with E-state index in [1.807, 2.05) is 18.2 Å². The number of likely N-dealkylation sites (tertiary alicyclic amines) is 1. The van der Waals surface area contributed by atoms with Crippen molar-refractivity contribution in [2.24, 2.45) is 5.92 Å². The average Bonchev–Trinajstić information content (AvgIpc) is 3.09. The zero-order chi connectivity index (χ0) is 15.6. The maximum Gasteiger partial charge on any atom is 0.232 e. The van der Waals surface area contributed by atoms with Crippen LogP contribution in [-0.2, 0) is 10.2 Å². The van der Waals surface area contributed by atoms with Crippen LogP contribution in [0.4, 0.5) is 0 Å². The van der Waals surface area contributed by atoms with E-state index in [-0.39, 0.29) is 18.3 Å². The highest BCUT2D eigenvalue weighted by atomic mass is 35.5. The molecule has 0 saturated carbocycles. The Morgan fingerprint density at radius 3 is 2.35 bits per heavy atom. The van der Waals surface area contributed by atoms with Gasteiger partial charge in [0.25, 0.3) is 0 Å². The molecule has 2 aliphatic heterocycles. The van der Waals surface area contributed by atoms with Gasteiger partial charge in [-0.15, -0.1) is 12.4 Å². The van der Waals surface area contributed by atoms with Crippen molar-refractivity contribution >= 4 is 18.3 Å². The summed E-state index contributed by atoms with van der Waals surface area (Å²) in [6.07, 6.45) is 4.92. The summed E-state index contributed by atoms with van der Waals surface area (Å²) < 4.78 is 0. The smallest absolute Gasteiger partial charge is 0.232 e. The second-order valence-electron chi connectivity index (χ2n) is 7.32. The number of piperidine rings is 1. The highest BCUT2D eigenvalue weighted by Gasteiger charge is 2.36. The standard InChI is InChI=1S/C19H28N2O.ClH/c1-19(2,16-7-4-3-5-8-16)18(22)21-13-10-15(11-14-21)17-9-6-12-20-17;/h3-5,7-8,15,17,20H,6,9-14H2,1-2H3;1H. The molecule has 0 radical (unpaired) electrons. The Labute approximate surface area is 146 Å². The molecule has 1 aromatic rings. The van der Waals surface area contributed by atoms with Crippen LogP contribution in [0.2, 0.25) is 0 Å². The Balaban J connectivity index is 0.00000192. The molecule has 0 aliphatic carbocycles. The van der Waals surface area contributed by atoms with Gasteiger partial charge in [-0.05, 0) is 57.6 Å². The lowest BCUT2D eigenvalue weighted by molar-refractivity contribution is -0.137. The minimum Gasteiger partial charge on any atom is -0.342 e. The molecule has 1 aromatic carbocycles. The molecule has 2 aliphatic rings. The van der Waals surface area contributed by atoms with E-state index >= 15 is 0 Å². The van der Waals surface area contributed by atoms with E-state index in [2.05, 4.69) is 36.2 Å². The number of carbonyl (C=O) groups excluding carboxylic acids is 1. The molecule has 2 heterocycles. The maximum atomic E-state index is 13.0. The highest BCUT2D eigenvalue weighted by molar-refractivity contribution is 5.87. The summed E-state index contributed by atoms with van der Waals surface area (Å²) >= 11 is 0. The first kappa shape index (κ1) is 18.3. The molecular formula is C19H29ClN2O. The lowest BCUT2D eigenvalue weighted by Gasteiger charge is -2.38. The Hall–Kier alpha value is -1.06. The molecule has 1 amide bonds. The maximum absolute atomic E-state index is 13.0. The summed E-state index contributed by atoms with van der Waals surface area (Å²) in [5.41, 5.74) is 0.680. The third-order valence-corrected chi connectivity index (χ3v) is 5.52. The Morgan fingerprint density at radius 1 is 1.13 bits per heavy atom. The number of halogens is 1. The van der Waals surface area contributed by atoms with Crippen molar-refractivity contribution in [2.45, 2.75) is 51.0 Å². The number of rotatable bonds is 3. The minimum absolute atomic E-state index is 0. The van der Waals surface area contributed by atoms with Gasteiger partial charge in [-0.3, -0.25) is 4.79 Å². The molecule has 4 heteroatoms. The molecule has 2 saturated heterocycles. The molecule has 2 fully saturated rings. The van der Waals surface area contributed by atoms with Crippen LogP contribution in [0.1, 0.15) is 45.1 Å². The van der Waals surface area contributed by atoms with Crippen LogP contribution in [0.15, 0.2) is 30.3 Å². The summed E-state index contributed by atoms with van der Waals surface area (Å²) in [5, 5.41) is 3.62. The third kappa shape index (κ3) is 3.89. The summed E-state index contributed by atoms with van der Waals surface area (Å²) in [4.78, 5) is 15.0. The summed E-state index contributed by atoms with van der Waals surface area (Å²) in [5.74, 6) is 1.03. The van der Waals surface area contributed by atoms with E-state index in [9.17, 15) is 4.79 Å². The summed E-state index contributed by atoms with van der Waals surface area (Å²) in [7, 11) is 0. The van der Waals surface area contributed by atoms with Gasteiger partial charge >= 0.3 is 0 Å². The number of hydrogen-bond acceptors (Lipinski definition) is 2. The fraction of sp³-hybridized carbons (Fsp3) is 0.632. The topological polar surface area (TPSA) is 32.3 Å². The Morgan fingerprint density at radius 2 is 1.78 bits per heavy atom. The van der Waals surface area contributed by atoms with Crippen LogP contribution in [0.3, 0.4) is 0 Å². The zero-order valence-corrected chi connectivity index (χ0v) is 15.1. The lowest BCUT2D eigenvalue weighted by Crippen LogP contribution is -2.49. The second kappa shape index (κ2) is 7.67. The number of carbonyl (C=O) groups is 1. The number of hydrogen-bond donors (Lipinski definition) is 1. The number of benzene rings is 1. The van der Waals surface area contributed by atoms with Gasteiger partial charge in [-0.25, -0.2) is 0 Å². The fourth-order valence-corrected chi connectivity index (χ4v) is 3.99. The van der Waals surface area contributed by atoms with Crippen molar-refractivity contribution in [2.75, 3.05) is 19.6 Å². The summed E-state index contributed by atoms with van der Waals surface area (Å²) in [6.45, 7) is 7.10. The molecule has 0 bridgehead atoms. The first-order valence-corrected chi connectivity index (χ1v) is 8.67. The summed E-state index contributed by atoms with van der Waals surface area (Å²) in [6, 6.07) is 10.9. The molecule has 23 heavy (non-hydrogen) atoms. The van der Waals surface area contributed by atoms with Crippen molar-refractivity contribution in [1.82, 2.24) is 10.2 Å². The minimum atomic E-state index is -0.431. The van der Waals surface area contributed by atoms with E-state index < -0.39 is 5.41 Å². The quantitative estimate of drug-likeness (QED) is 0.917. The molecular weight excluding hydrogens is 308 g/mol. The number of amides is 1. The Kier molecular flexibility index (Phi) is 6.10. The predicted molar refractivity (Wildman–Crippen MR) is 97.0 cm³/mol. The van der Waals surface area contributed by atoms with Crippen molar-refractivity contribution in [1.29, 1.82) is 0 Å². The van der Waals surface area contributed by atoms with Gasteiger partial charge in [-0.2, -0.15) is 0 Å². The van der Waals surface area contributed by atoms with Crippen molar-refractivity contribution in [3.05, 3.63) is 35.9 Å². The zero-order valence-electron chi connectivity index (χ0n) is 14.3. The van der Waals surface area contributed by atoms with Crippen LogP contribution < -0.4 is 5.32 Å². The molecule has 3 nitrogen and oxygen atoms in total. The molecule has 0 aromatic heterocycles. The molecule has 1 atom stereocenters. The largest absolute Gasteiger partial charge is 0.342 e. The molecule has 0 spiro atoms. The molecule has 1 N–H and O–H groups in total. The number of nitrogens with one attached hydrogen (secondary N) is 1. The van der Waals surface area contributed by atoms with Crippen LogP contribution in [-0.4, -0.2) is 36.5 Å². The van der Waals surface area contributed by atoms with E-state index in [1.165, 1.54) is 19.4 Å². The molecule has 128 valence electrons. The van der Waals surface area contributed by atoms with Crippen LogP contribution >= 0.6 is 12.4 Å². The molecule has 1 unspecified atom stereocenters. The van der Waals surface area contributed by atoms with Gasteiger partial charge < -0.3 is 10.2 Å². The monoisotopic (exact) mass is 336 g/mol. The van der Waals surface area contributed by atoms with Crippen LogP contribution in [0.25, 0.3) is 0 Å². The van der Waals surface area contributed by atoms with Crippen molar-refractivity contribution < 1.29 is 4.79 Å². The van der Waals surface area contributed by atoms with E-state index in [4.69, 9.17) is 0 Å². The van der Waals surface area contributed by atoms with Crippen molar-refractivity contribution in [3.8, 4) is 0 Å². The van der Waals surface area contributed by atoms with Gasteiger partial charge in [0, 0.05) is 19.1 Å². The van der Waals surface area contributed by atoms with E-state index in [0.717, 1.165) is 37.4 Å². The first-order chi connectivity index (χ1) is 10.6. The SMILES string of the molecule is CC(C)(C(=O)N1CCC(C2CCCN2)CC1)c1ccccc1.Cl. The van der Waals surface area contributed by atoms with E-state index in [0.29, 0.717) is 6.04 Å². The van der Waals surface area contributed by atoms with Gasteiger partial charge in [0.05, 0.1) is 5.41 Å². The van der Waals surface area contributed by atoms with Crippen LogP contribution in [0, 0.1) is 5.92 Å². The lowest BCUT2D eigenvalue weighted by atomic mass is 9.81. The fourth-order valence-electron chi connectivity index (χ4n) is 3.99. The van der Waals surface area contributed by atoms with Crippen molar-refractivity contribution in [3.63, 3.8) is 0 Å². The van der Waals surface area contributed by atoms with Gasteiger partial charge in [0.15, 0.2) is 0 Å². The van der Waals surface area contributed by atoms with Gasteiger partial charge in [0.1, 0.15) is 0 Å². The number of nitrogens with zero attached hydrogens (tertiary/aromatic N) is 1. The average molecular weight is 337 g/mol. The predicted octanol–water partition coefficient (Wildman–Crippen LogP) is 3.38. The second-order valence-corrected chi connectivity index (χ2v) is 7.32.